The fourth-order valence-electron chi connectivity index (χ4n) is 2.25. The molecule has 0 radical (unpaired) electrons. The molecule has 0 spiro atoms. The highest BCUT2D eigenvalue weighted by atomic mass is 16.3. The zero-order chi connectivity index (χ0) is 13.0. The van der Waals surface area contributed by atoms with Crippen molar-refractivity contribution in [3.63, 3.8) is 0 Å². The lowest BCUT2D eigenvalue weighted by Crippen LogP contribution is -2.36. The van der Waals surface area contributed by atoms with E-state index in [-0.39, 0.29) is 6.10 Å². The third-order valence-electron chi connectivity index (χ3n) is 3.55. The lowest BCUT2D eigenvalue weighted by atomic mass is 9.97. The Morgan fingerprint density at radius 1 is 1.50 bits per heavy atom. The summed E-state index contributed by atoms with van der Waals surface area (Å²) in [5, 5.41) is 16.4. The largest absolute Gasteiger partial charge is 0.393 e. The van der Waals surface area contributed by atoms with E-state index in [1.54, 1.807) is 6.92 Å². The second kappa shape index (κ2) is 6.15. The Balaban J connectivity index is 1.86. The molecule has 6 nitrogen and oxygen atoms in total. The molecule has 1 saturated heterocycles. The summed E-state index contributed by atoms with van der Waals surface area (Å²) in [6.45, 7) is 4.53. The number of aliphatic hydroxyl groups is 1. The first kappa shape index (κ1) is 13.3. The van der Waals surface area contributed by atoms with Crippen molar-refractivity contribution >= 4 is 5.95 Å². The van der Waals surface area contributed by atoms with Gasteiger partial charge < -0.3 is 15.7 Å². The Morgan fingerprint density at radius 2 is 2.22 bits per heavy atom. The van der Waals surface area contributed by atoms with Crippen LogP contribution >= 0.6 is 0 Å². The highest BCUT2D eigenvalue weighted by Gasteiger charge is 2.20. The smallest absolute Gasteiger partial charge is 0.244 e. The molecule has 1 aliphatic rings. The maximum Gasteiger partial charge on any atom is 0.244 e. The lowest BCUT2D eigenvalue weighted by molar-refractivity contribution is 0.184. The third-order valence-corrected chi connectivity index (χ3v) is 3.55. The summed E-state index contributed by atoms with van der Waals surface area (Å²) in [6.07, 6.45) is 3.40. The van der Waals surface area contributed by atoms with E-state index in [4.69, 9.17) is 5.73 Å². The number of piperidine rings is 1. The molecule has 0 aliphatic carbocycles. The summed E-state index contributed by atoms with van der Waals surface area (Å²) in [4.78, 5) is 6.68. The van der Waals surface area contributed by atoms with Crippen molar-refractivity contribution in [3.8, 4) is 0 Å². The minimum absolute atomic E-state index is 0.293. The second-order valence-electron chi connectivity index (χ2n) is 5.14. The van der Waals surface area contributed by atoms with Gasteiger partial charge in [-0.3, -0.25) is 5.10 Å². The molecular formula is C12H23N5O. The van der Waals surface area contributed by atoms with Gasteiger partial charge in [0.2, 0.25) is 5.95 Å². The molecule has 4 N–H and O–H groups in total. The highest BCUT2D eigenvalue weighted by molar-refractivity contribution is 5.29. The third kappa shape index (κ3) is 3.43. The molecule has 1 aromatic rings. The molecule has 1 atom stereocenters. The summed E-state index contributed by atoms with van der Waals surface area (Å²) in [6, 6.07) is 0. The predicted octanol–water partition coefficient (Wildman–Crippen LogP) is 0.293. The molecule has 0 aromatic carbocycles. The number of hydrogen-bond donors (Lipinski definition) is 3. The zero-order valence-electron chi connectivity index (χ0n) is 11.0. The minimum atomic E-state index is -0.293. The van der Waals surface area contributed by atoms with Gasteiger partial charge in [-0.2, -0.15) is 4.98 Å². The van der Waals surface area contributed by atoms with Crippen LogP contribution in [-0.2, 0) is 6.42 Å². The van der Waals surface area contributed by atoms with Crippen molar-refractivity contribution in [2.45, 2.75) is 38.7 Å². The van der Waals surface area contributed by atoms with Crippen molar-refractivity contribution < 1.29 is 5.11 Å². The van der Waals surface area contributed by atoms with Crippen molar-refractivity contribution in [3.05, 3.63) is 5.82 Å². The first-order valence-electron chi connectivity index (χ1n) is 6.73. The molecular weight excluding hydrogens is 230 g/mol. The van der Waals surface area contributed by atoms with E-state index < -0.39 is 0 Å². The minimum Gasteiger partial charge on any atom is -0.393 e. The van der Waals surface area contributed by atoms with E-state index in [2.05, 4.69) is 20.1 Å². The summed E-state index contributed by atoms with van der Waals surface area (Å²) in [5.74, 6) is 2.29. The Labute approximate surface area is 108 Å². The van der Waals surface area contributed by atoms with Gasteiger partial charge in [-0.25, -0.2) is 0 Å². The molecule has 0 saturated carbocycles. The molecule has 1 aliphatic heterocycles. The van der Waals surface area contributed by atoms with Crippen LogP contribution in [0.4, 0.5) is 5.95 Å². The predicted molar refractivity (Wildman–Crippen MR) is 70.4 cm³/mol. The Hall–Kier alpha value is -1.14. The molecule has 0 amide bonds. The van der Waals surface area contributed by atoms with E-state index >= 15 is 0 Å². The molecule has 18 heavy (non-hydrogen) atoms. The number of aryl methyl sites for hydroxylation is 1. The van der Waals surface area contributed by atoms with Crippen LogP contribution in [0.25, 0.3) is 0 Å². The molecule has 6 heteroatoms. The summed E-state index contributed by atoms with van der Waals surface area (Å²) in [5.41, 5.74) is 5.68. The van der Waals surface area contributed by atoms with E-state index in [0.717, 1.165) is 50.7 Å². The van der Waals surface area contributed by atoms with Crippen LogP contribution in [0.1, 0.15) is 32.0 Å². The normalized spacial score (nSPS) is 19.2. The van der Waals surface area contributed by atoms with Gasteiger partial charge in [0.25, 0.3) is 0 Å². The van der Waals surface area contributed by atoms with Crippen molar-refractivity contribution in [1.29, 1.82) is 0 Å². The van der Waals surface area contributed by atoms with Crippen LogP contribution < -0.4 is 10.6 Å². The number of nitrogens with two attached hydrogens (primary N) is 1. The van der Waals surface area contributed by atoms with Crippen LogP contribution in [0.2, 0.25) is 0 Å². The quantitative estimate of drug-likeness (QED) is 0.702. The van der Waals surface area contributed by atoms with Gasteiger partial charge in [-0.15, -0.1) is 5.10 Å². The summed E-state index contributed by atoms with van der Waals surface area (Å²) in [7, 11) is 0. The molecule has 1 aromatic heterocycles. The molecule has 1 fully saturated rings. The number of nitrogens with zero attached hydrogens (tertiary/aromatic N) is 3. The van der Waals surface area contributed by atoms with Gasteiger partial charge >= 0.3 is 0 Å². The van der Waals surface area contributed by atoms with Crippen molar-refractivity contribution in [2.75, 3.05) is 24.5 Å². The topological polar surface area (TPSA) is 91.1 Å². The number of anilines is 1. The molecule has 0 bridgehead atoms. The number of aromatic nitrogens is 3. The van der Waals surface area contributed by atoms with E-state index in [1.807, 2.05) is 0 Å². The van der Waals surface area contributed by atoms with Gasteiger partial charge in [0.15, 0.2) is 0 Å². The zero-order valence-corrected chi connectivity index (χ0v) is 11.0. The van der Waals surface area contributed by atoms with Gasteiger partial charge in [0.05, 0.1) is 6.10 Å². The highest BCUT2D eigenvalue weighted by Crippen LogP contribution is 2.19. The first-order valence-corrected chi connectivity index (χ1v) is 6.73. The monoisotopic (exact) mass is 253 g/mol. The average Bonchev–Trinajstić information content (AvgIpc) is 2.85. The van der Waals surface area contributed by atoms with Gasteiger partial charge in [-0.05, 0) is 38.6 Å². The second-order valence-corrected chi connectivity index (χ2v) is 5.14. The van der Waals surface area contributed by atoms with Gasteiger partial charge in [0.1, 0.15) is 5.82 Å². The number of H-pyrrole nitrogens is 1. The van der Waals surface area contributed by atoms with Crippen molar-refractivity contribution in [2.24, 2.45) is 11.7 Å². The van der Waals surface area contributed by atoms with Crippen LogP contribution in [0.15, 0.2) is 0 Å². The fourth-order valence-corrected chi connectivity index (χ4v) is 2.25. The molecule has 102 valence electrons. The Morgan fingerprint density at radius 3 is 2.83 bits per heavy atom. The summed E-state index contributed by atoms with van der Waals surface area (Å²) < 4.78 is 0. The first-order chi connectivity index (χ1) is 8.69. The molecule has 2 heterocycles. The fraction of sp³-hybridized carbons (Fsp3) is 0.833. The number of rotatable bonds is 5. The van der Waals surface area contributed by atoms with Gasteiger partial charge in [-0.1, -0.05) is 0 Å². The average molecular weight is 253 g/mol. The van der Waals surface area contributed by atoms with Crippen molar-refractivity contribution in [1.82, 2.24) is 15.2 Å². The van der Waals surface area contributed by atoms with Crippen LogP contribution in [-0.4, -0.2) is 46.0 Å². The maximum absolute atomic E-state index is 9.24. The number of nitrogens with one attached hydrogen (secondary N) is 1. The van der Waals surface area contributed by atoms with Gasteiger partial charge in [0, 0.05) is 19.5 Å². The van der Waals surface area contributed by atoms with Crippen LogP contribution in [0.5, 0.6) is 0 Å². The van der Waals surface area contributed by atoms with Crippen LogP contribution in [0, 0.1) is 5.92 Å². The lowest BCUT2D eigenvalue weighted by Gasteiger charge is -2.30. The Kier molecular flexibility index (Phi) is 4.54. The molecule has 1 unspecified atom stereocenters. The van der Waals surface area contributed by atoms with E-state index in [9.17, 15) is 5.11 Å². The van der Waals surface area contributed by atoms with E-state index in [0.29, 0.717) is 12.3 Å². The standard InChI is InChI=1S/C12H23N5O/c1-9(18)2-3-11-14-12(16-15-11)17-6-4-10(8-13)5-7-17/h9-10,18H,2-8,13H2,1H3,(H,14,15,16). The maximum atomic E-state index is 9.24. The summed E-state index contributed by atoms with van der Waals surface area (Å²) >= 11 is 0. The number of aromatic amines is 1. The Bertz CT molecular complexity index is 357. The van der Waals surface area contributed by atoms with E-state index in [1.165, 1.54) is 0 Å². The SMILES string of the molecule is CC(O)CCc1nc(N2CCC(CN)CC2)n[nH]1. The molecule has 2 rings (SSSR count). The number of hydrogen-bond acceptors (Lipinski definition) is 5. The number of aliphatic hydroxyl groups excluding tert-OH is 1. The van der Waals surface area contributed by atoms with Crippen LogP contribution in [0.3, 0.4) is 0 Å².